The molecular formula is C27H27NO5. The van der Waals surface area contributed by atoms with Crippen LogP contribution in [0.2, 0.25) is 0 Å². The third-order valence-electron chi connectivity index (χ3n) is 7.51. The molecule has 2 aromatic carbocycles. The summed E-state index contributed by atoms with van der Waals surface area (Å²) in [6.07, 6.45) is 5.39. The SMILES string of the molecule is COC(=O)c1ccc2c(C3CCCCC3)c3n(c2c1)CCC1OC(=O)OC1c1ccccc1-3. The number of aromatic nitrogens is 1. The topological polar surface area (TPSA) is 66.8 Å². The molecule has 3 aliphatic rings. The van der Waals surface area contributed by atoms with Crippen LogP contribution >= 0.6 is 0 Å². The van der Waals surface area contributed by atoms with Crippen LogP contribution in [0.3, 0.4) is 0 Å². The molecular weight excluding hydrogens is 418 g/mol. The monoisotopic (exact) mass is 445 g/mol. The van der Waals surface area contributed by atoms with Gasteiger partial charge in [0.05, 0.1) is 18.4 Å². The van der Waals surface area contributed by atoms with Crippen molar-refractivity contribution < 1.29 is 23.8 Å². The maximum absolute atomic E-state index is 12.3. The summed E-state index contributed by atoms with van der Waals surface area (Å²) in [5.74, 6) is 0.128. The fourth-order valence-electron chi connectivity index (χ4n) is 6.03. The van der Waals surface area contributed by atoms with Crippen molar-refractivity contribution in [2.24, 2.45) is 0 Å². The van der Waals surface area contributed by atoms with E-state index in [2.05, 4.69) is 16.7 Å². The van der Waals surface area contributed by atoms with Crippen molar-refractivity contribution in [1.82, 2.24) is 4.57 Å². The van der Waals surface area contributed by atoms with E-state index in [1.165, 1.54) is 43.0 Å². The minimum absolute atomic E-state index is 0.328. The maximum Gasteiger partial charge on any atom is 0.509 e. The summed E-state index contributed by atoms with van der Waals surface area (Å²) in [7, 11) is 1.41. The number of carbonyl (C=O) groups is 2. The number of benzene rings is 2. The lowest BCUT2D eigenvalue weighted by Crippen LogP contribution is -2.22. The second-order valence-corrected chi connectivity index (χ2v) is 9.29. The molecule has 6 heteroatoms. The Morgan fingerprint density at radius 3 is 2.67 bits per heavy atom. The van der Waals surface area contributed by atoms with Crippen molar-refractivity contribution in [3.63, 3.8) is 0 Å². The first-order valence-corrected chi connectivity index (χ1v) is 11.9. The van der Waals surface area contributed by atoms with Crippen LogP contribution in [0.25, 0.3) is 22.2 Å². The zero-order valence-corrected chi connectivity index (χ0v) is 18.7. The average molecular weight is 446 g/mol. The lowest BCUT2D eigenvalue weighted by molar-refractivity contribution is 0.0600. The van der Waals surface area contributed by atoms with Gasteiger partial charge >= 0.3 is 12.1 Å². The van der Waals surface area contributed by atoms with Gasteiger partial charge in [-0.25, -0.2) is 9.59 Å². The molecule has 1 aromatic heterocycles. The van der Waals surface area contributed by atoms with Crippen LogP contribution in [0.1, 0.15) is 72.0 Å². The highest BCUT2D eigenvalue weighted by Gasteiger charge is 2.41. The Labute approximate surface area is 192 Å². The van der Waals surface area contributed by atoms with Crippen LogP contribution in [0, 0.1) is 0 Å². The first-order valence-electron chi connectivity index (χ1n) is 11.9. The summed E-state index contributed by atoms with van der Waals surface area (Å²) in [6.45, 7) is 0.676. The summed E-state index contributed by atoms with van der Waals surface area (Å²) in [5, 5.41) is 1.20. The third kappa shape index (κ3) is 3.23. The van der Waals surface area contributed by atoms with Gasteiger partial charge in [-0.2, -0.15) is 0 Å². The normalized spacial score (nSPS) is 22.4. The highest BCUT2D eigenvalue weighted by atomic mass is 16.8. The number of fused-ring (bicyclic) bond motifs is 7. The summed E-state index contributed by atoms with van der Waals surface area (Å²) in [5.41, 5.74) is 6.20. The third-order valence-corrected chi connectivity index (χ3v) is 7.51. The summed E-state index contributed by atoms with van der Waals surface area (Å²) >= 11 is 0. The van der Waals surface area contributed by atoms with Gasteiger partial charge in [0, 0.05) is 35.0 Å². The first-order chi connectivity index (χ1) is 16.2. The summed E-state index contributed by atoms with van der Waals surface area (Å²) in [6, 6.07) is 14.1. The number of methoxy groups -OCH3 is 1. The second kappa shape index (κ2) is 7.94. The van der Waals surface area contributed by atoms with Gasteiger partial charge in [0.2, 0.25) is 0 Å². The van der Waals surface area contributed by atoms with Crippen LogP contribution in [-0.2, 0) is 20.8 Å². The predicted molar refractivity (Wildman–Crippen MR) is 123 cm³/mol. The Morgan fingerprint density at radius 1 is 1.03 bits per heavy atom. The van der Waals surface area contributed by atoms with Crippen LogP contribution < -0.4 is 0 Å². The number of ether oxygens (including phenoxy) is 3. The van der Waals surface area contributed by atoms with Gasteiger partial charge in [-0.1, -0.05) is 49.6 Å². The van der Waals surface area contributed by atoms with Crippen LogP contribution in [0.5, 0.6) is 0 Å². The van der Waals surface area contributed by atoms with E-state index in [4.69, 9.17) is 14.2 Å². The van der Waals surface area contributed by atoms with E-state index < -0.39 is 12.3 Å². The van der Waals surface area contributed by atoms with E-state index in [0.717, 1.165) is 29.5 Å². The van der Waals surface area contributed by atoms with E-state index in [1.54, 1.807) is 0 Å². The first kappa shape index (κ1) is 20.3. The van der Waals surface area contributed by atoms with Crippen LogP contribution in [0.15, 0.2) is 42.5 Å². The number of nitrogens with zero attached hydrogens (tertiary/aromatic N) is 1. The molecule has 0 bridgehead atoms. The number of rotatable bonds is 2. The molecule has 6 nitrogen and oxygen atoms in total. The number of hydrogen-bond donors (Lipinski definition) is 0. The molecule has 6 rings (SSSR count). The van der Waals surface area contributed by atoms with Crippen molar-refractivity contribution in [1.29, 1.82) is 0 Å². The molecule has 33 heavy (non-hydrogen) atoms. The minimum Gasteiger partial charge on any atom is -0.465 e. The molecule has 0 spiro atoms. The Kier molecular flexibility index (Phi) is 4.89. The van der Waals surface area contributed by atoms with Crippen molar-refractivity contribution in [3.8, 4) is 11.3 Å². The average Bonchev–Trinajstić information content (AvgIpc) is 3.38. The summed E-state index contributed by atoms with van der Waals surface area (Å²) < 4.78 is 18.5. The van der Waals surface area contributed by atoms with Gasteiger partial charge in [-0.15, -0.1) is 0 Å². The zero-order valence-electron chi connectivity index (χ0n) is 18.7. The smallest absolute Gasteiger partial charge is 0.465 e. The highest BCUT2D eigenvalue weighted by Crippen LogP contribution is 2.48. The quantitative estimate of drug-likeness (QED) is 0.445. The molecule has 0 radical (unpaired) electrons. The Balaban J connectivity index is 1.64. The lowest BCUT2D eigenvalue weighted by atomic mass is 9.80. The Hall–Kier alpha value is -3.28. The molecule has 2 atom stereocenters. The molecule has 170 valence electrons. The lowest BCUT2D eigenvalue weighted by Gasteiger charge is -2.27. The minimum atomic E-state index is -0.600. The summed E-state index contributed by atoms with van der Waals surface area (Å²) in [4.78, 5) is 24.4. The fraction of sp³-hybridized carbons (Fsp3) is 0.407. The van der Waals surface area contributed by atoms with Gasteiger partial charge in [0.15, 0.2) is 6.10 Å². The molecule has 1 saturated heterocycles. The van der Waals surface area contributed by atoms with Crippen LogP contribution in [0.4, 0.5) is 4.79 Å². The number of aryl methyl sites for hydroxylation is 1. The van der Waals surface area contributed by atoms with Gasteiger partial charge in [-0.05, 0) is 36.5 Å². The Morgan fingerprint density at radius 2 is 1.85 bits per heavy atom. The Bertz CT molecular complexity index is 1250. The molecule has 0 N–H and O–H groups in total. The molecule has 2 unspecified atom stereocenters. The van der Waals surface area contributed by atoms with Gasteiger partial charge in [-0.3, -0.25) is 0 Å². The van der Waals surface area contributed by atoms with E-state index in [-0.39, 0.29) is 12.1 Å². The maximum atomic E-state index is 12.3. The van der Waals surface area contributed by atoms with Crippen molar-refractivity contribution in [2.45, 2.75) is 63.2 Å². The van der Waals surface area contributed by atoms with Gasteiger partial charge in [0.1, 0.15) is 6.10 Å². The van der Waals surface area contributed by atoms with Gasteiger partial charge < -0.3 is 18.8 Å². The van der Waals surface area contributed by atoms with E-state index in [0.29, 0.717) is 24.4 Å². The molecule has 1 aliphatic carbocycles. The standard InChI is InChI=1S/C27H27NO5/c1-31-26(29)17-11-12-20-21(15-17)28-14-13-22-25(33-27(30)32-22)19-10-6-5-9-18(19)24(28)23(20)16-7-3-2-4-8-16/h5-6,9-12,15-16,22,25H,2-4,7-8,13-14H2,1H3. The predicted octanol–water partition coefficient (Wildman–Crippen LogP) is 6.12. The van der Waals surface area contributed by atoms with E-state index in [1.807, 2.05) is 30.3 Å². The van der Waals surface area contributed by atoms with Crippen molar-refractivity contribution in [3.05, 3.63) is 59.2 Å². The molecule has 0 amide bonds. The van der Waals surface area contributed by atoms with Crippen LogP contribution in [-0.4, -0.2) is 29.9 Å². The number of carbonyl (C=O) groups excluding carboxylic acids is 2. The molecule has 2 fully saturated rings. The number of esters is 1. The molecule has 3 aromatic rings. The second-order valence-electron chi connectivity index (χ2n) is 9.29. The van der Waals surface area contributed by atoms with E-state index >= 15 is 0 Å². The largest absolute Gasteiger partial charge is 0.509 e. The molecule has 3 heterocycles. The molecule has 2 aliphatic heterocycles. The van der Waals surface area contributed by atoms with Crippen molar-refractivity contribution in [2.75, 3.05) is 7.11 Å². The van der Waals surface area contributed by atoms with E-state index in [9.17, 15) is 9.59 Å². The fourth-order valence-corrected chi connectivity index (χ4v) is 6.03. The zero-order chi connectivity index (χ0) is 22.5. The van der Waals surface area contributed by atoms with Gasteiger partial charge in [0.25, 0.3) is 0 Å². The van der Waals surface area contributed by atoms with Crippen molar-refractivity contribution >= 4 is 23.0 Å². The highest BCUT2D eigenvalue weighted by molar-refractivity contribution is 5.99. The number of hydrogen-bond acceptors (Lipinski definition) is 5. The molecule has 1 saturated carbocycles.